The zero-order valence-corrected chi connectivity index (χ0v) is 13.5. The summed E-state index contributed by atoms with van der Waals surface area (Å²) in [6.45, 7) is 7.77. The van der Waals surface area contributed by atoms with Gasteiger partial charge in [0.25, 0.3) is 0 Å². The third-order valence-corrected chi connectivity index (χ3v) is 3.17. The zero-order chi connectivity index (χ0) is 14.5. The van der Waals surface area contributed by atoms with E-state index in [-0.39, 0.29) is 11.6 Å². The quantitative estimate of drug-likeness (QED) is 0.585. The van der Waals surface area contributed by atoms with Crippen LogP contribution in [-0.2, 0) is 16.0 Å². The lowest BCUT2D eigenvalue weighted by molar-refractivity contribution is -0.0160. The van der Waals surface area contributed by atoms with Gasteiger partial charge in [0, 0.05) is 7.11 Å². The topological polar surface area (TPSA) is 74.3 Å². The minimum Gasteiger partial charge on any atom is -0.383 e. The van der Waals surface area contributed by atoms with E-state index in [0.717, 1.165) is 10.2 Å². The molecule has 19 heavy (non-hydrogen) atoms. The number of halogens is 1. The fourth-order valence-corrected chi connectivity index (χ4v) is 2.19. The largest absolute Gasteiger partial charge is 0.383 e. The molecular weight excluding hydrogens is 312 g/mol. The van der Waals surface area contributed by atoms with E-state index in [0.29, 0.717) is 19.8 Å². The maximum Gasteiger partial charge on any atom is 0.0873 e. The summed E-state index contributed by atoms with van der Waals surface area (Å²) in [5.41, 5.74) is 3.53. The Labute approximate surface area is 122 Å². The van der Waals surface area contributed by atoms with Gasteiger partial charge in [0.1, 0.15) is 0 Å². The SMILES string of the molecule is COCCn1ncc(Br)c1C(COC(C)(C)C)NN. The lowest BCUT2D eigenvalue weighted by atomic mass is 10.1. The first kappa shape index (κ1) is 16.6. The second kappa shape index (κ2) is 7.35. The minimum absolute atomic E-state index is 0.132. The average molecular weight is 335 g/mol. The van der Waals surface area contributed by atoms with Crippen LogP contribution < -0.4 is 11.3 Å². The molecule has 0 aliphatic carbocycles. The first-order valence-corrected chi connectivity index (χ1v) is 6.98. The zero-order valence-electron chi connectivity index (χ0n) is 11.9. The molecule has 110 valence electrons. The second-order valence-electron chi connectivity index (χ2n) is 5.24. The molecule has 1 heterocycles. The lowest BCUT2D eigenvalue weighted by Crippen LogP contribution is -2.36. The maximum absolute atomic E-state index is 5.78. The van der Waals surface area contributed by atoms with Gasteiger partial charge in [-0.2, -0.15) is 5.10 Å². The van der Waals surface area contributed by atoms with Gasteiger partial charge in [0.05, 0.1) is 47.8 Å². The minimum atomic E-state index is -0.209. The predicted molar refractivity (Wildman–Crippen MR) is 77.6 cm³/mol. The third kappa shape index (κ3) is 5.19. The molecule has 0 aliphatic heterocycles. The molecule has 1 unspecified atom stereocenters. The van der Waals surface area contributed by atoms with Crippen LogP contribution >= 0.6 is 15.9 Å². The van der Waals surface area contributed by atoms with Crippen molar-refractivity contribution in [3.8, 4) is 0 Å². The van der Waals surface area contributed by atoms with Gasteiger partial charge in [-0.15, -0.1) is 0 Å². The van der Waals surface area contributed by atoms with Gasteiger partial charge in [0.2, 0.25) is 0 Å². The van der Waals surface area contributed by atoms with E-state index in [1.807, 2.05) is 25.5 Å². The molecule has 0 saturated heterocycles. The third-order valence-electron chi connectivity index (χ3n) is 2.55. The summed E-state index contributed by atoms with van der Waals surface area (Å²) in [5, 5.41) is 4.31. The van der Waals surface area contributed by atoms with Crippen molar-refractivity contribution in [1.29, 1.82) is 0 Å². The van der Waals surface area contributed by atoms with Crippen molar-refractivity contribution in [3.05, 3.63) is 16.4 Å². The molecule has 1 rings (SSSR count). The Morgan fingerprint density at radius 1 is 1.53 bits per heavy atom. The first-order chi connectivity index (χ1) is 8.89. The molecule has 3 N–H and O–H groups in total. The van der Waals surface area contributed by atoms with E-state index in [1.54, 1.807) is 13.3 Å². The van der Waals surface area contributed by atoms with Crippen LogP contribution in [0.2, 0.25) is 0 Å². The Hall–Kier alpha value is -0.470. The molecule has 6 nitrogen and oxygen atoms in total. The summed E-state index contributed by atoms with van der Waals surface area (Å²) in [7, 11) is 1.67. The van der Waals surface area contributed by atoms with E-state index in [9.17, 15) is 0 Å². The molecule has 0 aromatic carbocycles. The number of nitrogens with one attached hydrogen (secondary N) is 1. The normalized spacial score (nSPS) is 13.8. The number of rotatable bonds is 7. The van der Waals surface area contributed by atoms with Crippen molar-refractivity contribution in [3.63, 3.8) is 0 Å². The van der Waals surface area contributed by atoms with Crippen molar-refractivity contribution in [2.45, 2.75) is 39.0 Å². The molecule has 0 saturated carbocycles. The molecular formula is C12H23BrN4O2. The molecule has 1 aromatic heterocycles. The van der Waals surface area contributed by atoms with Crippen LogP contribution in [0.4, 0.5) is 0 Å². The standard InChI is InChI=1S/C12H23BrN4O2/c1-12(2,3)19-8-10(16-14)11-9(13)7-15-17(11)5-6-18-4/h7,10,16H,5-6,8,14H2,1-4H3. The second-order valence-corrected chi connectivity index (χ2v) is 6.09. The number of nitrogens with zero attached hydrogens (tertiary/aromatic N) is 2. The Morgan fingerprint density at radius 2 is 2.21 bits per heavy atom. The molecule has 0 amide bonds. The number of hydrazine groups is 1. The van der Waals surface area contributed by atoms with Crippen LogP contribution in [0.3, 0.4) is 0 Å². The van der Waals surface area contributed by atoms with Gasteiger partial charge in [0.15, 0.2) is 0 Å². The fourth-order valence-electron chi connectivity index (χ4n) is 1.61. The van der Waals surface area contributed by atoms with E-state index in [4.69, 9.17) is 15.3 Å². The molecule has 0 spiro atoms. The molecule has 7 heteroatoms. The van der Waals surface area contributed by atoms with Gasteiger partial charge >= 0.3 is 0 Å². The van der Waals surface area contributed by atoms with E-state index in [2.05, 4.69) is 26.5 Å². The van der Waals surface area contributed by atoms with Crippen LogP contribution in [0, 0.1) is 0 Å². The average Bonchev–Trinajstić information content (AvgIpc) is 2.68. The van der Waals surface area contributed by atoms with Crippen LogP contribution in [0.15, 0.2) is 10.7 Å². The molecule has 1 aromatic rings. The van der Waals surface area contributed by atoms with Crippen LogP contribution in [0.1, 0.15) is 32.5 Å². The number of hydrogen-bond acceptors (Lipinski definition) is 5. The molecule has 0 radical (unpaired) electrons. The summed E-state index contributed by atoms with van der Waals surface area (Å²) < 4.78 is 13.6. The Bertz CT molecular complexity index is 390. The van der Waals surface area contributed by atoms with Gasteiger partial charge in [-0.3, -0.25) is 10.5 Å². The highest BCUT2D eigenvalue weighted by atomic mass is 79.9. The molecule has 0 fully saturated rings. The molecule has 1 atom stereocenters. The van der Waals surface area contributed by atoms with E-state index in [1.165, 1.54) is 0 Å². The van der Waals surface area contributed by atoms with Gasteiger partial charge in [-0.25, -0.2) is 5.43 Å². The Balaban J connectivity index is 2.81. The monoisotopic (exact) mass is 334 g/mol. The molecule has 0 aliphatic rings. The van der Waals surface area contributed by atoms with Crippen molar-refractivity contribution < 1.29 is 9.47 Å². The van der Waals surface area contributed by atoms with Crippen LogP contribution in [0.25, 0.3) is 0 Å². The highest BCUT2D eigenvalue weighted by Crippen LogP contribution is 2.24. The summed E-state index contributed by atoms with van der Waals surface area (Å²) in [5.74, 6) is 5.64. The summed E-state index contributed by atoms with van der Waals surface area (Å²) >= 11 is 3.50. The number of methoxy groups -OCH3 is 1. The van der Waals surface area contributed by atoms with Gasteiger partial charge in [-0.1, -0.05) is 0 Å². The highest BCUT2D eigenvalue weighted by molar-refractivity contribution is 9.10. The smallest absolute Gasteiger partial charge is 0.0873 e. The van der Waals surface area contributed by atoms with Crippen molar-refractivity contribution in [2.75, 3.05) is 20.3 Å². The van der Waals surface area contributed by atoms with Crippen LogP contribution in [-0.4, -0.2) is 35.7 Å². The van der Waals surface area contributed by atoms with E-state index >= 15 is 0 Å². The number of nitrogens with two attached hydrogens (primary N) is 1. The fraction of sp³-hybridized carbons (Fsp3) is 0.750. The van der Waals surface area contributed by atoms with Gasteiger partial charge < -0.3 is 9.47 Å². The Kier molecular flexibility index (Phi) is 6.41. The lowest BCUT2D eigenvalue weighted by Gasteiger charge is -2.25. The Morgan fingerprint density at radius 3 is 2.74 bits per heavy atom. The summed E-state index contributed by atoms with van der Waals surface area (Å²) in [4.78, 5) is 0. The van der Waals surface area contributed by atoms with Crippen molar-refractivity contribution in [1.82, 2.24) is 15.2 Å². The number of hydrogen-bond donors (Lipinski definition) is 2. The summed E-state index contributed by atoms with van der Waals surface area (Å²) in [6, 6.07) is -0.132. The van der Waals surface area contributed by atoms with Crippen LogP contribution in [0.5, 0.6) is 0 Å². The highest BCUT2D eigenvalue weighted by Gasteiger charge is 2.22. The van der Waals surface area contributed by atoms with Gasteiger partial charge in [-0.05, 0) is 36.7 Å². The number of ether oxygens (including phenoxy) is 2. The molecule has 0 bridgehead atoms. The summed E-state index contributed by atoms with van der Waals surface area (Å²) in [6.07, 6.45) is 1.76. The maximum atomic E-state index is 5.78. The first-order valence-electron chi connectivity index (χ1n) is 6.19. The van der Waals surface area contributed by atoms with Crippen molar-refractivity contribution >= 4 is 15.9 Å². The van der Waals surface area contributed by atoms with E-state index < -0.39 is 0 Å². The number of aromatic nitrogens is 2. The van der Waals surface area contributed by atoms with Crippen molar-refractivity contribution in [2.24, 2.45) is 5.84 Å². The predicted octanol–water partition coefficient (Wildman–Crippen LogP) is 1.61.